The number of methoxy groups -OCH3 is 1. The van der Waals surface area contributed by atoms with Crippen molar-refractivity contribution in [1.29, 1.82) is 0 Å². The average Bonchev–Trinajstić information content (AvgIpc) is 2.53. The highest BCUT2D eigenvalue weighted by molar-refractivity contribution is 5.84. The van der Waals surface area contributed by atoms with Crippen molar-refractivity contribution >= 4 is 11.8 Å². The van der Waals surface area contributed by atoms with Gasteiger partial charge in [-0.2, -0.15) is 0 Å². The van der Waals surface area contributed by atoms with Crippen molar-refractivity contribution in [3.63, 3.8) is 0 Å². The van der Waals surface area contributed by atoms with Gasteiger partial charge in [-0.15, -0.1) is 0 Å². The summed E-state index contributed by atoms with van der Waals surface area (Å²) in [6.45, 7) is 0.680. The molecule has 1 aliphatic rings. The molecule has 0 unspecified atom stereocenters. The van der Waals surface area contributed by atoms with Gasteiger partial charge in [0.2, 0.25) is 11.8 Å². The number of carbonyl (C=O) groups is 2. The van der Waals surface area contributed by atoms with Crippen LogP contribution in [0.15, 0.2) is 24.3 Å². The van der Waals surface area contributed by atoms with Crippen molar-refractivity contribution in [2.45, 2.75) is 18.9 Å². The summed E-state index contributed by atoms with van der Waals surface area (Å²) in [6, 6.07) is 5.70. The minimum Gasteiger partial charge on any atom is -0.383 e. The lowest BCUT2D eigenvalue weighted by Crippen LogP contribution is -2.48. The van der Waals surface area contributed by atoms with Crippen LogP contribution in [0.4, 0.5) is 4.39 Å². The van der Waals surface area contributed by atoms with Crippen molar-refractivity contribution in [1.82, 2.24) is 10.2 Å². The van der Waals surface area contributed by atoms with Crippen LogP contribution in [0.25, 0.3) is 0 Å². The number of nitrogens with zero attached hydrogens (tertiary/aromatic N) is 1. The predicted molar refractivity (Wildman–Crippen MR) is 79.5 cm³/mol. The highest BCUT2D eigenvalue weighted by Crippen LogP contribution is 2.37. The first-order valence-corrected chi connectivity index (χ1v) is 7.34. The number of benzene rings is 1. The Morgan fingerprint density at radius 1 is 1.45 bits per heavy atom. The molecule has 2 rings (SSSR count). The van der Waals surface area contributed by atoms with Crippen LogP contribution in [0.2, 0.25) is 0 Å². The highest BCUT2D eigenvalue weighted by Gasteiger charge is 2.41. The summed E-state index contributed by atoms with van der Waals surface area (Å²) in [4.78, 5) is 26.0. The Labute approximate surface area is 129 Å². The molecule has 5 nitrogen and oxygen atoms in total. The molecule has 6 heteroatoms. The topological polar surface area (TPSA) is 58.6 Å². The SMILES string of the molecule is CNC(=O)[C@@H]1CCC(=O)N(CCOC)[C@H]1c1ccccc1F. The second-order valence-electron chi connectivity index (χ2n) is 5.31. The summed E-state index contributed by atoms with van der Waals surface area (Å²) in [5.41, 5.74) is 0.375. The van der Waals surface area contributed by atoms with Gasteiger partial charge in [0.25, 0.3) is 0 Å². The number of carbonyl (C=O) groups excluding carboxylic acids is 2. The first-order chi connectivity index (χ1) is 10.6. The third-order valence-electron chi connectivity index (χ3n) is 4.05. The molecule has 1 heterocycles. The van der Waals surface area contributed by atoms with Crippen LogP contribution in [0.3, 0.4) is 0 Å². The number of amides is 2. The summed E-state index contributed by atoms with van der Waals surface area (Å²) in [6.07, 6.45) is 0.702. The van der Waals surface area contributed by atoms with Crippen molar-refractivity contribution in [2.24, 2.45) is 5.92 Å². The highest BCUT2D eigenvalue weighted by atomic mass is 19.1. The predicted octanol–water partition coefficient (Wildman–Crippen LogP) is 1.50. The number of halogens is 1. The van der Waals surface area contributed by atoms with Crippen molar-refractivity contribution in [2.75, 3.05) is 27.3 Å². The van der Waals surface area contributed by atoms with Crippen LogP contribution in [-0.2, 0) is 14.3 Å². The molecule has 0 spiro atoms. The average molecular weight is 308 g/mol. The summed E-state index contributed by atoms with van der Waals surface area (Å²) >= 11 is 0. The Bertz CT molecular complexity index is 550. The Morgan fingerprint density at radius 3 is 2.82 bits per heavy atom. The molecular weight excluding hydrogens is 287 g/mol. The maximum absolute atomic E-state index is 14.2. The fourth-order valence-corrected chi connectivity index (χ4v) is 2.97. The summed E-state index contributed by atoms with van der Waals surface area (Å²) in [5.74, 6) is -1.12. The molecule has 1 aromatic rings. The van der Waals surface area contributed by atoms with E-state index < -0.39 is 17.8 Å². The van der Waals surface area contributed by atoms with Crippen LogP contribution in [0.5, 0.6) is 0 Å². The zero-order valence-corrected chi connectivity index (χ0v) is 12.8. The Kier molecular flexibility index (Phi) is 5.49. The molecule has 22 heavy (non-hydrogen) atoms. The second kappa shape index (κ2) is 7.35. The van der Waals surface area contributed by atoms with Crippen LogP contribution >= 0.6 is 0 Å². The van der Waals surface area contributed by atoms with Gasteiger partial charge in [0.15, 0.2) is 0 Å². The maximum Gasteiger partial charge on any atom is 0.225 e. The molecule has 2 atom stereocenters. The summed E-state index contributed by atoms with van der Waals surface area (Å²) in [5, 5.41) is 2.61. The molecule has 120 valence electrons. The third kappa shape index (κ3) is 3.27. The number of piperidine rings is 1. The summed E-state index contributed by atoms with van der Waals surface area (Å²) in [7, 11) is 3.10. The van der Waals surface area contributed by atoms with E-state index in [2.05, 4.69) is 5.32 Å². The molecule has 1 fully saturated rings. The van der Waals surface area contributed by atoms with Gasteiger partial charge in [-0.1, -0.05) is 18.2 Å². The smallest absolute Gasteiger partial charge is 0.225 e. The van der Waals surface area contributed by atoms with Crippen LogP contribution in [-0.4, -0.2) is 44.0 Å². The quantitative estimate of drug-likeness (QED) is 0.897. The molecule has 0 aromatic heterocycles. The lowest BCUT2D eigenvalue weighted by atomic mass is 9.83. The number of nitrogens with one attached hydrogen (secondary N) is 1. The Hall–Kier alpha value is -1.95. The lowest BCUT2D eigenvalue weighted by molar-refractivity contribution is -0.144. The van der Waals surface area contributed by atoms with E-state index in [0.717, 1.165) is 0 Å². The van der Waals surface area contributed by atoms with Crippen molar-refractivity contribution in [3.05, 3.63) is 35.6 Å². The normalized spacial score (nSPS) is 21.8. The lowest BCUT2D eigenvalue weighted by Gasteiger charge is -2.40. The molecular formula is C16H21FN2O3. The van der Waals surface area contributed by atoms with E-state index in [-0.39, 0.29) is 18.2 Å². The van der Waals surface area contributed by atoms with E-state index in [0.29, 0.717) is 25.1 Å². The van der Waals surface area contributed by atoms with Gasteiger partial charge < -0.3 is 15.0 Å². The Balaban J connectivity index is 2.42. The van der Waals surface area contributed by atoms with Crippen molar-refractivity contribution in [3.8, 4) is 0 Å². The van der Waals surface area contributed by atoms with Gasteiger partial charge in [0.1, 0.15) is 5.82 Å². The molecule has 1 aromatic carbocycles. The zero-order chi connectivity index (χ0) is 16.1. The van der Waals surface area contributed by atoms with Crippen LogP contribution in [0.1, 0.15) is 24.4 Å². The number of likely N-dealkylation sites (tertiary alicyclic amines) is 1. The molecule has 1 saturated heterocycles. The molecule has 0 radical (unpaired) electrons. The number of rotatable bonds is 5. The van der Waals surface area contributed by atoms with Crippen LogP contribution in [0, 0.1) is 11.7 Å². The van der Waals surface area contributed by atoms with Gasteiger partial charge in [-0.05, 0) is 12.5 Å². The number of ether oxygens (including phenoxy) is 1. The van der Waals surface area contributed by atoms with Gasteiger partial charge >= 0.3 is 0 Å². The number of hydrogen-bond donors (Lipinski definition) is 1. The fraction of sp³-hybridized carbons (Fsp3) is 0.500. The Morgan fingerprint density at radius 2 is 2.18 bits per heavy atom. The standard InChI is InChI=1S/C16H21FN2O3/c1-18-16(21)12-7-8-14(20)19(9-10-22-2)15(12)11-5-3-4-6-13(11)17/h3-6,12,15H,7-10H2,1-2H3,(H,18,21)/t12-,15+/m1/s1. The van der Waals surface area contributed by atoms with Gasteiger partial charge in [0, 0.05) is 32.7 Å². The first kappa shape index (κ1) is 16.4. The summed E-state index contributed by atoms with van der Waals surface area (Å²) < 4.78 is 19.3. The monoisotopic (exact) mass is 308 g/mol. The molecule has 1 N–H and O–H groups in total. The number of hydrogen-bond acceptors (Lipinski definition) is 3. The van der Waals surface area contributed by atoms with E-state index in [4.69, 9.17) is 4.74 Å². The van der Waals surface area contributed by atoms with E-state index in [9.17, 15) is 14.0 Å². The third-order valence-corrected chi connectivity index (χ3v) is 4.05. The molecule has 0 aliphatic carbocycles. The molecule has 2 amide bonds. The van der Waals surface area contributed by atoms with Crippen LogP contribution < -0.4 is 5.32 Å². The van der Waals surface area contributed by atoms with Crippen molar-refractivity contribution < 1.29 is 18.7 Å². The van der Waals surface area contributed by atoms with E-state index >= 15 is 0 Å². The van der Waals surface area contributed by atoms with E-state index in [1.54, 1.807) is 37.3 Å². The van der Waals surface area contributed by atoms with Gasteiger partial charge in [-0.25, -0.2) is 4.39 Å². The molecule has 0 bridgehead atoms. The first-order valence-electron chi connectivity index (χ1n) is 7.34. The second-order valence-corrected chi connectivity index (χ2v) is 5.31. The maximum atomic E-state index is 14.2. The minimum absolute atomic E-state index is 0.0783. The largest absolute Gasteiger partial charge is 0.383 e. The fourth-order valence-electron chi connectivity index (χ4n) is 2.97. The van der Waals surface area contributed by atoms with E-state index in [1.165, 1.54) is 6.07 Å². The molecule has 1 aliphatic heterocycles. The zero-order valence-electron chi connectivity index (χ0n) is 12.8. The molecule has 0 saturated carbocycles. The van der Waals surface area contributed by atoms with Gasteiger partial charge in [-0.3, -0.25) is 9.59 Å². The minimum atomic E-state index is -0.599. The van der Waals surface area contributed by atoms with E-state index in [1.807, 2.05) is 0 Å². The van der Waals surface area contributed by atoms with Gasteiger partial charge in [0.05, 0.1) is 18.6 Å².